The molecule has 2 N–H and O–H groups in total. The molecule has 0 aromatic carbocycles. The molecule has 0 amide bonds. The highest BCUT2D eigenvalue weighted by Gasteiger charge is 2.27. The Labute approximate surface area is 81.7 Å². The molecule has 0 aromatic heterocycles. The standard InChI is InChI=1S/C11H23NO/c1-4-9(2)7-11(3,13)8-12-10-5-6-10/h9-10,12-13H,4-8H2,1-3H3. The van der Waals surface area contributed by atoms with Crippen LogP contribution in [0.15, 0.2) is 0 Å². The molecule has 2 nitrogen and oxygen atoms in total. The van der Waals surface area contributed by atoms with Crippen molar-refractivity contribution in [2.75, 3.05) is 6.54 Å². The second kappa shape index (κ2) is 4.43. The van der Waals surface area contributed by atoms with E-state index in [0.29, 0.717) is 12.0 Å². The van der Waals surface area contributed by atoms with Gasteiger partial charge in [0.05, 0.1) is 5.60 Å². The van der Waals surface area contributed by atoms with Crippen molar-refractivity contribution >= 4 is 0 Å². The Kier molecular flexibility index (Phi) is 3.74. The van der Waals surface area contributed by atoms with E-state index in [9.17, 15) is 5.11 Å². The van der Waals surface area contributed by atoms with Gasteiger partial charge in [0.2, 0.25) is 0 Å². The maximum atomic E-state index is 10.0. The third-order valence-corrected chi connectivity index (χ3v) is 2.83. The average molecular weight is 185 g/mol. The zero-order chi connectivity index (χ0) is 9.90. The van der Waals surface area contributed by atoms with Crippen molar-refractivity contribution in [1.29, 1.82) is 0 Å². The molecule has 0 spiro atoms. The Balaban J connectivity index is 2.17. The van der Waals surface area contributed by atoms with E-state index >= 15 is 0 Å². The van der Waals surface area contributed by atoms with Gasteiger partial charge in [-0.1, -0.05) is 20.3 Å². The predicted octanol–water partition coefficient (Wildman–Crippen LogP) is 1.93. The maximum Gasteiger partial charge on any atom is 0.0746 e. The minimum atomic E-state index is -0.516. The lowest BCUT2D eigenvalue weighted by molar-refractivity contribution is 0.0354. The highest BCUT2D eigenvalue weighted by molar-refractivity contribution is 4.86. The van der Waals surface area contributed by atoms with Crippen LogP contribution in [0, 0.1) is 5.92 Å². The van der Waals surface area contributed by atoms with Crippen molar-refractivity contribution in [3.05, 3.63) is 0 Å². The van der Waals surface area contributed by atoms with E-state index in [1.165, 1.54) is 12.8 Å². The monoisotopic (exact) mass is 185 g/mol. The first kappa shape index (κ1) is 11.0. The first-order valence-electron chi connectivity index (χ1n) is 5.49. The molecule has 0 bridgehead atoms. The Morgan fingerprint density at radius 2 is 2.15 bits per heavy atom. The maximum absolute atomic E-state index is 10.0. The van der Waals surface area contributed by atoms with Crippen LogP contribution in [0.4, 0.5) is 0 Å². The van der Waals surface area contributed by atoms with Gasteiger partial charge >= 0.3 is 0 Å². The average Bonchev–Trinajstić information content (AvgIpc) is 2.83. The molecule has 0 saturated heterocycles. The van der Waals surface area contributed by atoms with E-state index in [4.69, 9.17) is 0 Å². The molecule has 0 aliphatic heterocycles. The van der Waals surface area contributed by atoms with E-state index in [1.807, 2.05) is 6.92 Å². The fourth-order valence-electron chi connectivity index (χ4n) is 1.62. The van der Waals surface area contributed by atoms with Gasteiger partial charge in [0.15, 0.2) is 0 Å². The van der Waals surface area contributed by atoms with Crippen LogP contribution in [-0.4, -0.2) is 23.3 Å². The summed E-state index contributed by atoms with van der Waals surface area (Å²) >= 11 is 0. The minimum absolute atomic E-state index is 0.516. The molecule has 1 saturated carbocycles. The zero-order valence-corrected chi connectivity index (χ0v) is 9.14. The number of hydrogen-bond acceptors (Lipinski definition) is 2. The van der Waals surface area contributed by atoms with E-state index < -0.39 is 5.60 Å². The summed E-state index contributed by atoms with van der Waals surface area (Å²) in [6.07, 6.45) is 4.64. The molecule has 1 aliphatic carbocycles. The lowest BCUT2D eigenvalue weighted by Crippen LogP contribution is -2.40. The number of hydrogen-bond donors (Lipinski definition) is 2. The molecular weight excluding hydrogens is 162 g/mol. The molecule has 1 rings (SSSR count). The molecule has 78 valence electrons. The highest BCUT2D eigenvalue weighted by atomic mass is 16.3. The third-order valence-electron chi connectivity index (χ3n) is 2.83. The summed E-state index contributed by atoms with van der Waals surface area (Å²) in [7, 11) is 0. The molecular formula is C11H23NO. The van der Waals surface area contributed by atoms with Crippen LogP contribution in [0.1, 0.15) is 46.5 Å². The second-order valence-electron chi connectivity index (χ2n) is 4.87. The molecule has 1 aliphatic rings. The summed E-state index contributed by atoms with van der Waals surface area (Å²) in [4.78, 5) is 0. The SMILES string of the molecule is CCC(C)CC(C)(O)CNC1CC1. The summed E-state index contributed by atoms with van der Waals surface area (Å²) in [5.74, 6) is 0.621. The van der Waals surface area contributed by atoms with Crippen LogP contribution < -0.4 is 5.32 Å². The van der Waals surface area contributed by atoms with Crippen LogP contribution in [0.3, 0.4) is 0 Å². The lowest BCUT2D eigenvalue weighted by atomic mass is 9.91. The Bertz CT molecular complexity index is 152. The van der Waals surface area contributed by atoms with Gasteiger partial charge in [0, 0.05) is 12.6 Å². The summed E-state index contributed by atoms with van der Waals surface area (Å²) in [5, 5.41) is 13.4. The van der Waals surface area contributed by atoms with Crippen molar-refractivity contribution in [2.24, 2.45) is 5.92 Å². The molecule has 13 heavy (non-hydrogen) atoms. The van der Waals surface area contributed by atoms with Gasteiger partial charge in [0.25, 0.3) is 0 Å². The van der Waals surface area contributed by atoms with Crippen LogP contribution in [0.2, 0.25) is 0 Å². The van der Waals surface area contributed by atoms with Crippen molar-refractivity contribution < 1.29 is 5.11 Å². The summed E-state index contributed by atoms with van der Waals surface area (Å²) in [6, 6.07) is 0.698. The first-order chi connectivity index (χ1) is 6.03. The van der Waals surface area contributed by atoms with Crippen LogP contribution in [-0.2, 0) is 0 Å². The van der Waals surface area contributed by atoms with Crippen molar-refractivity contribution in [1.82, 2.24) is 5.32 Å². The molecule has 0 radical (unpaired) electrons. The molecule has 2 heteroatoms. The number of nitrogens with one attached hydrogen (secondary N) is 1. The van der Waals surface area contributed by atoms with E-state index in [-0.39, 0.29) is 0 Å². The zero-order valence-electron chi connectivity index (χ0n) is 9.14. The van der Waals surface area contributed by atoms with Gasteiger partial charge in [-0.3, -0.25) is 0 Å². The van der Waals surface area contributed by atoms with Gasteiger partial charge in [-0.15, -0.1) is 0 Å². The Morgan fingerprint density at radius 3 is 2.62 bits per heavy atom. The molecule has 0 heterocycles. The van der Waals surface area contributed by atoms with Gasteiger partial charge < -0.3 is 10.4 Å². The number of aliphatic hydroxyl groups is 1. The highest BCUT2D eigenvalue weighted by Crippen LogP contribution is 2.22. The Morgan fingerprint density at radius 1 is 1.54 bits per heavy atom. The van der Waals surface area contributed by atoms with Crippen molar-refractivity contribution in [2.45, 2.75) is 58.1 Å². The molecule has 2 atom stereocenters. The molecule has 2 unspecified atom stereocenters. The van der Waals surface area contributed by atoms with Gasteiger partial charge in [-0.05, 0) is 32.1 Å². The van der Waals surface area contributed by atoms with Crippen molar-refractivity contribution in [3.63, 3.8) is 0 Å². The van der Waals surface area contributed by atoms with Crippen LogP contribution in [0.5, 0.6) is 0 Å². The number of rotatable bonds is 6. The van der Waals surface area contributed by atoms with Gasteiger partial charge in [0.1, 0.15) is 0 Å². The van der Waals surface area contributed by atoms with E-state index in [1.54, 1.807) is 0 Å². The van der Waals surface area contributed by atoms with Gasteiger partial charge in [-0.25, -0.2) is 0 Å². The van der Waals surface area contributed by atoms with Crippen LogP contribution >= 0.6 is 0 Å². The second-order valence-corrected chi connectivity index (χ2v) is 4.87. The van der Waals surface area contributed by atoms with Crippen LogP contribution in [0.25, 0.3) is 0 Å². The fourth-order valence-corrected chi connectivity index (χ4v) is 1.62. The third kappa shape index (κ3) is 4.63. The lowest BCUT2D eigenvalue weighted by Gasteiger charge is -2.26. The fraction of sp³-hybridized carbons (Fsp3) is 1.00. The largest absolute Gasteiger partial charge is 0.389 e. The Hall–Kier alpha value is -0.0800. The normalized spacial score (nSPS) is 24.0. The topological polar surface area (TPSA) is 32.3 Å². The van der Waals surface area contributed by atoms with Crippen molar-refractivity contribution in [3.8, 4) is 0 Å². The van der Waals surface area contributed by atoms with E-state index in [0.717, 1.165) is 19.4 Å². The molecule has 1 fully saturated rings. The van der Waals surface area contributed by atoms with E-state index in [2.05, 4.69) is 19.2 Å². The first-order valence-corrected chi connectivity index (χ1v) is 5.49. The minimum Gasteiger partial charge on any atom is -0.389 e. The predicted molar refractivity (Wildman–Crippen MR) is 55.7 cm³/mol. The summed E-state index contributed by atoms with van der Waals surface area (Å²) in [5.41, 5.74) is -0.516. The quantitative estimate of drug-likeness (QED) is 0.662. The smallest absolute Gasteiger partial charge is 0.0746 e. The summed E-state index contributed by atoms with van der Waals surface area (Å²) in [6.45, 7) is 7.07. The molecule has 0 aromatic rings. The summed E-state index contributed by atoms with van der Waals surface area (Å²) < 4.78 is 0. The van der Waals surface area contributed by atoms with Gasteiger partial charge in [-0.2, -0.15) is 0 Å².